The highest BCUT2D eigenvalue weighted by molar-refractivity contribution is 5.92. The molecule has 0 aliphatic heterocycles. The smallest absolute Gasteiger partial charge is 0.158 e. The van der Waals surface area contributed by atoms with E-state index in [1.54, 1.807) is 0 Å². The van der Waals surface area contributed by atoms with Crippen LogP contribution in [0.4, 0.5) is 0 Å². The maximum Gasteiger partial charge on any atom is 0.158 e. The highest BCUT2D eigenvalue weighted by Gasteiger charge is 1.99. The predicted molar refractivity (Wildman–Crippen MR) is 36.3 cm³/mol. The number of hydrogen-bond acceptors (Lipinski definition) is 2. The molecule has 0 saturated heterocycles. The van der Waals surface area contributed by atoms with Crippen LogP contribution >= 0.6 is 0 Å². The van der Waals surface area contributed by atoms with Crippen LogP contribution in [0.1, 0.15) is 26.7 Å². The fourth-order valence-corrected chi connectivity index (χ4v) is 0.601. The summed E-state index contributed by atoms with van der Waals surface area (Å²) in [6.07, 6.45) is 2.46. The number of allylic oxidation sites excluding steroid dienone is 1. The highest BCUT2D eigenvalue weighted by Crippen LogP contribution is 2.03. The second kappa shape index (κ2) is 4.13. The van der Waals surface area contributed by atoms with Gasteiger partial charge < -0.3 is 5.11 Å². The third-order valence-corrected chi connectivity index (χ3v) is 1.13. The number of aliphatic hydroxyl groups excluding tert-OH is 1. The number of carbonyl (C=O) groups is 1. The van der Waals surface area contributed by atoms with Crippen LogP contribution in [-0.4, -0.2) is 10.9 Å². The van der Waals surface area contributed by atoms with E-state index in [0.717, 1.165) is 12.7 Å². The van der Waals surface area contributed by atoms with Crippen molar-refractivity contribution in [2.45, 2.75) is 26.7 Å². The Bertz CT molecular complexity index is 125. The minimum absolute atomic E-state index is 0.0423. The van der Waals surface area contributed by atoms with E-state index in [1.165, 1.54) is 6.92 Å². The molecule has 0 atom stereocenters. The van der Waals surface area contributed by atoms with Gasteiger partial charge in [0.15, 0.2) is 5.78 Å². The molecule has 0 bridgehead atoms. The summed E-state index contributed by atoms with van der Waals surface area (Å²) in [7, 11) is 0. The molecule has 0 amide bonds. The van der Waals surface area contributed by atoms with E-state index in [-0.39, 0.29) is 5.78 Å². The molecule has 0 rings (SSSR count). The van der Waals surface area contributed by atoms with Crippen LogP contribution in [0.15, 0.2) is 11.8 Å². The second-order valence-corrected chi connectivity index (χ2v) is 1.96. The molecule has 0 radical (unpaired) electrons. The third-order valence-electron chi connectivity index (χ3n) is 1.13. The maximum absolute atomic E-state index is 10.5. The molecule has 0 aromatic rings. The van der Waals surface area contributed by atoms with E-state index in [1.807, 2.05) is 6.92 Å². The van der Waals surface area contributed by atoms with Gasteiger partial charge in [0.05, 0.1) is 6.26 Å². The quantitative estimate of drug-likeness (QED) is 0.465. The number of ketones is 1. The van der Waals surface area contributed by atoms with Crippen molar-refractivity contribution in [1.29, 1.82) is 0 Å². The summed E-state index contributed by atoms with van der Waals surface area (Å²) in [5.74, 6) is -0.0423. The van der Waals surface area contributed by atoms with Gasteiger partial charge in [-0.05, 0) is 13.3 Å². The summed E-state index contributed by atoms with van der Waals surface area (Å²) < 4.78 is 0. The largest absolute Gasteiger partial charge is 0.515 e. The van der Waals surface area contributed by atoms with E-state index in [2.05, 4.69) is 0 Å². The second-order valence-electron chi connectivity index (χ2n) is 1.96. The van der Waals surface area contributed by atoms with Crippen molar-refractivity contribution >= 4 is 5.78 Å². The summed E-state index contributed by atoms with van der Waals surface area (Å²) in [4.78, 5) is 10.5. The van der Waals surface area contributed by atoms with Crippen molar-refractivity contribution in [3.8, 4) is 0 Å². The number of rotatable bonds is 3. The molecule has 0 spiro atoms. The first-order valence-corrected chi connectivity index (χ1v) is 3.06. The maximum atomic E-state index is 10.5. The number of aliphatic hydroxyl groups is 1. The average molecular weight is 128 g/mol. The van der Waals surface area contributed by atoms with E-state index in [9.17, 15) is 4.79 Å². The van der Waals surface area contributed by atoms with E-state index >= 15 is 0 Å². The molecule has 1 N–H and O–H groups in total. The van der Waals surface area contributed by atoms with Crippen molar-refractivity contribution in [3.05, 3.63) is 11.8 Å². The van der Waals surface area contributed by atoms with Gasteiger partial charge in [-0.3, -0.25) is 4.79 Å². The Labute approximate surface area is 55.2 Å². The summed E-state index contributed by atoms with van der Waals surface area (Å²) in [6, 6.07) is 0. The van der Waals surface area contributed by atoms with Gasteiger partial charge in [-0.15, -0.1) is 0 Å². The van der Waals surface area contributed by atoms with Crippen molar-refractivity contribution in [2.24, 2.45) is 0 Å². The fourth-order valence-electron chi connectivity index (χ4n) is 0.601. The van der Waals surface area contributed by atoms with Crippen LogP contribution in [0.3, 0.4) is 0 Å². The lowest BCUT2D eigenvalue weighted by molar-refractivity contribution is -0.113. The molecule has 0 unspecified atom stereocenters. The molecule has 9 heavy (non-hydrogen) atoms. The van der Waals surface area contributed by atoms with Gasteiger partial charge in [0.25, 0.3) is 0 Å². The van der Waals surface area contributed by atoms with Crippen molar-refractivity contribution in [3.63, 3.8) is 0 Å². The van der Waals surface area contributed by atoms with E-state index in [4.69, 9.17) is 5.11 Å². The number of carbonyl (C=O) groups excluding carboxylic acids is 1. The predicted octanol–water partition coefficient (Wildman–Crippen LogP) is 1.82. The Kier molecular flexibility index (Phi) is 3.76. The van der Waals surface area contributed by atoms with Crippen LogP contribution in [0.2, 0.25) is 0 Å². The Hall–Kier alpha value is -0.790. The first kappa shape index (κ1) is 8.21. The van der Waals surface area contributed by atoms with E-state index < -0.39 is 0 Å². The molecule has 2 heteroatoms. The lowest BCUT2D eigenvalue weighted by Gasteiger charge is -1.95. The van der Waals surface area contributed by atoms with Crippen LogP contribution < -0.4 is 0 Å². The zero-order valence-electron chi connectivity index (χ0n) is 5.85. The normalized spacial score (nSPS) is 11.6. The average Bonchev–Trinajstić information content (AvgIpc) is 1.82. The number of Topliss-reactive ketones (excluding diaryl/α,β-unsaturated/α-hetero) is 1. The van der Waals surface area contributed by atoms with Crippen LogP contribution in [-0.2, 0) is 4.79 Å². The van der Waals surface area contributed by atoms with Gasteiger partial charge in [0, 0.05) is 5.57 Å². The van der Waals surface area contributed by atoms with Gasteiger partial charge in [0.1, 0.15) is 0 Å². The summed E-state index contributed by atoms with van der Waals surface area (Å²) in [5, 5.41) is 8.44. The molecular weight excluding hydrogens is 116 g/mol. The zero-order valence-corrected chi connectivity index (χ0v) is 5.85. The monoisotopic (exact) mass is 128 g/mol. The molecule has 2 nitrogen and oxygen atoms in total. The van der Waals surface area contributed by atoms with Gasteiger partial charge in [-0.2, -0.15) is 0 Å². The Morgan fingerprint density at radius 2 is 2.22 bits per heavy atom. The first-order chi connectivity index (χ1) is 4.22. The molecular formula is C7H12O2. The molecule has 52 valence electrons. The van der Waals surface area contributed by atoms with Gasteiger partial charge in [-0.1, -0.05) is 13.3 Å². The van der Waals surface area contributed by atoms with Gasteiger partial charge in [-0.25, -0.2) is 0 Å². The Morgan fingerprint density at radius 3 is 2.33 bits per heavy atom. The Morgan fingerprint density at radius 1 is 1.67 bits per heavy atom. The van der Waals surface area contributed by atoms with E-state index in [0.29, 0.717) is 12.0 Å². The van der Waals surface area contributed by atoms with Crippen molar-refractivity contribution < 1.29 is 9.90 Å². The third kappa shape index (κ3) is 2.90. The summed E-state index contributed by atoms with van der Waals surface area (Å²) in [5.41, 5.74) is 0.512. The highest BCUT2D eigenvalue weighted by atomic mass is 16.2. The topological polar surface area (TPSA) is 37.3 Å². The summed E-state index contributed by atoms with van der Waals surface area (Å²) >= 11 is 0. The molecule has 0 heterocycles. The van der Waals surface area contributed by atoms with Crippen LogP contribution in [0.25, 0.3) is 0 Å². The van der Waals surface area contributed by atoms with Gasteiger partial charge in [0.2, 0.25) is 0 Å². The minimum atomic E-state index is -0.0423. The zero-order chi connectivity index (χ0) is 7.28. The minimum Gasteiger partial charge on any atom is -0.515 e. The molecule has 0 aliphatic carbocycles. The standard InChI is InChI=1S/C7H12O2/c1-3-4-7(5-8)6(2)9/h5,8H,3-4H2,1-2H3/b7-5+. The molecule has 0 aliphatic rings. The summed E-state index contributed by atoms with van der Waals surface area (Å²) in [6.45, 7) is 3.42. The Balaban J connectivity index is 3.85. The molecule has 0 aromatic carbocycles. The van der Waals surface area contributed by atoms with Gasteiger partial charge >= 0.3 is 0 Å². The molecule has 0 fully saturated rings. The molecule has 0 aromatic heterocycles. The van der Waals surface area contributed by atoms with Crippen molar-refractivity contribution in [2.75, 3.05) is 0 Å². The lowest BCUT2D eigenvalue weighted by atomic mass is 10.1. The lowest BCUT2D eigenvalue weighted by Crippen LogP contribution is -1.95. The fraction of sp³-hybridized carbons (Fsp3) is 0.571. The molecule has 0 saturated carbocycles. The first-order valence-electron chi connectivity index (χ1n) is 3.06. The van der Waals surface area contributed by atoms with Crippen LogP contribution in [0, 0.1) is 0 Å². The van der Waals surface area contributed by atoms with Crippen LogP contribution in [0.5, 0.6) is 0 Å². The van der Waals surface area contributed by atoms with Crippen molar-refractivity contribution in [1.82, 2.24) is 0 Å². The SMILES string of the molecule is CCC/C(=C\O)C(C)=O. The number of hydrogen-bond donors (Lipinski definition) is 1.